The fraction of sp³-hybridized carbons (Fsp3) is 0.538. The molecule has 0 radical (unpaired) electrons. The second-order valence-electron chi connectivity index (χ2n) is 4.84. The van der Waals surface area contributed by atoms with Crippen molar-refractivity contribution in [1.82, 2.24) is 14.8 Å². The van der Waals surface area contributed by atoms with Gasteiger partial charge in [-0.1, -0.05) is 13.8 Å². The highest BCUT2D eigenvalue weighted by Gasteiger charge is 2.17. The van der Waals surface area contributed by atoms with Gasteiger partial charge in [0.2, 0.25) is 5.88 Å². The molecule has 0 aliphatic carbocycles. The predicted molar refractivity (Wildman–Crippen MR) is 77.8 cm³/mol. The third kappa shape index (κ3) is 2.89. The number of hydrogen-bond acceptors (Lipinski definition) is 5. The minimum Gasteiger partial charge on any atom is -0.476 e. The first-order valence-electron chi connectivity index (χ1n) is 6.34. The highest BCUT2D eigenvalue weighted by molar-refractivity contribution is 7.09. The largest absolute Gasteiger partial charge is 0.476 e. The number of aryl methyl sites for hydroxylation is 2. The van der Waals surface area contributed by atoms with Crippen molar-refractivity contribution in [3.63, 3.8) is 0 Å². The van der Waals surface area contributed by atoms with Gasteiger partial charge in [0.15, 0.2) is 0 Å². The first-order valence-corrected chi connectivity index (χ1v) is 7.22. The van der Waals surface area contributed by atoms with E-state index in [9.17, 15) is 0 Å². The van der Waals surface area contributed by atoms with Crippen LogP contribution in [0.25, 0.3) is 0 Å². The molecule has 0 saturated heterocycles. The molecular weight excluding hydrogens is 260 g/mol. The van der Waals surface area contributed by atoms with E-state index in [-0.39, 0.29) is 0 Å². The lowest BCUT2D eigenvalue weighted by Gasteiger charge is -2.07. The summed E-state index contributed by atoms with van der Waals surface area (Å²) < 4.78 is 7.49. The summed E-state index contributed by atoms with van der Waals surface area (Å²) in [4.78, 5) is 5.48. The van der Waals surface area contributed by atoms with Gasteiger partial charge in [0.05, 0.1) is 23.5 Å². The minimum absolute atomic E-state index is 0.298. The van der Waals surface area contributed by atoms with E-state index in [4.69, 9.17) is 10.5 Å². The fourth-order valence-electron chi connectivity index (χ4n) is 1.95. The number of ether oxygens (including phenoxy) is 1. The molecule has 0 saturated carbocycles. The Morgan fingerprint density at radius 2 is 2.21 bits per heavy atom. The van der Waals surface area contributed by atoms with Crippen LogP contribution in [0.5, 0.6) is 5.88 Å². The van der Waals surface area contributed by atoms with Crippen molar-refractivity contribution < 1.29 is 4.74 Å². The molecule has 0 unspecified atom stereocenters. The monoisotopic (exact) mass is 280 g/mol. The average Bonchev–Trinajstić information content (AvgIpc) is 2.87. The van der Waals surface area contributed by atoms with Crippen molar-refractivity contribution in [2.45, 2.75) is 33.1 Å². The topological polar surface area (TPSA) is 66.0 Å². The molecule has 2 N–H and O–H groups in total. The summed E-state index contributed by atoms with van der Waals surface area (Å²) in [5, 5.41) is 4.40. The molecule has 2 aromatic heterocycles. The predicted octanol–water partition coefficient (Wildman–Crippen LogP) is 2.51. The van der Waals surface area contributed by atoms with Crippen LogP contribution in [0.4, 0.5) is 5.69 Å². The Hall–Kier alpha value is -1.56. The van der Waals surface area contributed by atoms with E-state index in [1.54, 1.807) is 16.0 Å². The Kier molecular flexibility index (Phi) is 4.09. The summed E-state index contributed by atoms with van der Waals surface area (Å²) in [7, 11) is 1.86. The van der Waals surface area contributed by atoms with Crippen LogP contribution < -0.4 is 10.5 Å². The van der Waals surface area contributed by atoms with Gasteiger partial charge < -0.3 is 10.5 Å². The third-order valence-electron chi connectivity index (χ3n) is 3.02. The van der Waals surface area contributed by atoms with Crippen molar-refractivity contribution >= 4 is 17.0 Å². The van der Waals surface area contributed by atoms with E-state index in [1.165, 1.54) is 4.88 Å². The van der Waals surface area contributed by atoms with Crippen LogP contribution in [0, 0.1) is 6.92 Å². The molecule has 2 heterocycles. The molecule has 0 aliphatic heterocycles. The van der Waals surface area contributed by atoms with Crippen molar-refractivity contribution in [1.29, 1.82) is 0 Å². The Morgan fingerprint density at radius 3 is 2.74 bits per heavy atom. The molecule has 5 nitrogen and oxygen atoms in total. The van der Waals surface area contributed by atoms with Gasteiger partial charge >= 0.3 is 0 Å². The van der Waals surface area contributed by atoms with Gasteiger partial charge in [-0.2, -0.15) is 5.10 Å². The molecule has 0 aromatic carbocycles. The fourth-order valence-corrected chi connectivity index (χ4v) is 2.71. The minimum atomic E-state index is 0.298. The third-order valence-corrected chi connectivity index (χ3v) is 4.01. The normalized spacial score (nSPS) is 11.2. The Morgan fingerprint density at radius 1 is 1.47 bits per heavy atom. The van der Waals surface area contributed by atoms with Crippen LogP contribution in [0.2, 0.25) is 0 Å². The zero-order valence-corrected chi connectivity index (χ0v) is 12.6. The summed E-state index contributed by atoms with van der Waals surface area (Å²) >= 11 is 1.66. The number of nitrogen functional groups attached to an aromatic ring is 1. The summed E-state index contributed by atoms with van der Waals surface area (Å²) in [6.07, 6.45) is 0.845. The molecule has 2 aromatic rings. The summed E-state index contributed by atoms with van der Waals surface area (Å²) in [6.45, 7) is 6.75. The smallest absolute Gasteiger partial charge is 0.235 e. The highest BCUT2D eigenvalue weighted by atomic mass is 32.1. The van der Waals surface area contributed by atoms with Crippen LogP contribution in [0.1, 0.15) is 36.0 Å². The van der Waals surface area contributed by atoms with Gasteiger partial charge in [-0.25, -0.2) is 9.67 Å². The van der Waals surface area contributed by atoms with Gasteiger partial charge in [0.1, 0.15) is 5.69 Å². The number of rotatable bonds is 5. The summed E-state index contributed by atoms with van der Waals surface area (Å²) in [6, 6.07) is 0. The number of nitrogens with zero attached hydrogens (tertiary/aromatic N) is 3. The van der Waals surface area contributed by atoms with Crippen LogP contribution in [0.15, 0.2) is 5.51 Å². The van der Waals surface area contributed by atoms with Crippen LogP contribution >= 0.6 is 11.3 Å². The summed E-state index contributed by atoms with van der Waals surface area (Å²) in [5.74, 6) is 0.957. The van der Waals surface area contributed by atoms with Crippen LogP contribution in [0.3, 0.4) is 0 Å². The quantitative estimate of drug-likeness (QED) is 0.914. The van der Waals surface area contributed by atoms with Crippen LogP contribution in [-0.4, -0.2) is 21.4 Å². The molecule has 0 aliphatic rings. The molecule has 0 fully saturated rings. The molecule has 104 valence electrons. The van der Waals surface area contributed by atoms with E-state index < -0.39 is 0 Å². The Bertz CT molecular complexity index is 559. The standard InChI is InChI=1S/C13H20N4OS/c1-8(2)12-11(14)13(17(4)16-12)18-6-5-10-9(3)15-7-19-10/h7-8H,5-6,14H2,1-4H3. The molecule has 19 heavy (non-hydrogen) atoms. The van der Waals surface area contributed by atoms with E-state index in [1.807, 2.05) is 19.5 Å². The van der Waals surface area contributed by atoms with Crippen molar-refractivity contribution in [3.8, 4) is 5.88 Å². The lowest BCUT2D eigenvalue weighted by atomic mass is 10.1. The first-order chi connectivity index (χ1) is 9.00. The molecular formula is C13H20N4OS. The molecule has 0 bridgehead atoms. The maximum absolute atomic E-state index is 6.08. The van der Waals surface area contributed by atoms with E-state index in [0.29, 0.717) is 24.1 Å². The molecule has 2 rings (SSSR count). The number of hydrogen-bond donors (Lipinski definition) is 1. The lowest BCUT2D eigenvalue weighted by Crippen LogP contribution is -2.06. The van der Waals surface area contributed by atoms with E-state index in [0.717, 1.165) is 17.8 Å². The van der Waals surface area contributed by atoms with E-state index in [2.05, 4.69) is 23.9 Å². The number of aromatic nitrogens is 3. The molecule has 0 spiro atoms. The zero-order chi connectivity index (χ0) is 14.0. The Balaban J connectivity index is 2.02. The van der Waals surface area contributed by atoms with Crippen molar-refractivity contribution in [2.75, 3.05) is 12.3 Å². The SMILES string of the molecule is Cc1ncsc1CCOc1c(N)c(C(C)C)nn1C. The maximum Gasteiger partial charge on any atom is 0.235 e. The van der Waals surface area contributed by atoms with Gasteiger partial charge in [-0.15, -0.1) is 11.3 Å². The summed E-state index contributed by atoms with van der Waals surface area (Å²) in [5.41, 5.74) is 10.6. The number of thiazole rings is 1. The van der Waals surface area contributed by atoms with Crippen LogP contribution in [-0.2, 0) is 13.5 Å². The second kappa shape index (κ2) is 5.61. The highest BCUT2D eigenvalue weighted by Crippen LogP contribution is 2.29. The van der Waals surface area contributed by atoms with E-state index >= 15 is 0 Å². The first kappa shape index (κ1) is 13.9. The molecule has 0 atom stereocenters. The van der Waals surface area contributed by atoms with Gasteiger partial charge in [0.25, 0.3) is 0 Å². The van der Waals surface area contributed by atoms with Crippen molar-refractivity contribution in [3.05, 3.63) is 21.8 Å². The number of anilines is 1. The molecule has 6 heteroatoms. The second-order valence-corrected chi connectivity index (χ2v) is 5.78. The van der Waals surface area contributed by atoms with Gasteiger partial charge in [-0.05, 0) is 12.8 Å². The maximum atomic E-state index is 6.08. The van der Waals surface area contributed by atoms with Crippen molar-refractivity contribution in [2.24, 2.45) is 7.05 Å². The van der Waals surface area contributed by atoms with Gasteiger partial charge in [-0.3, -0.25) is 0 Å². The Labute approximate surface area is 117 Å². The lowest BCUT2D eigenvalue weighted by molar-refractivity contribution is 0.296. The van der Waals surface area contributed by atoms with Gasteiger partial charge in [0, 0.05) is 18.3 Å². The number of nitrogens with two attached hydrogens (primary N) is 1. The average molecular weight is 280 g/mol. The zero-order valence-electron chi connectivity index (χ0n) is 11.8. The molecule has 0 amide bonds.